The number of hydrogen-bond donors (Lipinski definition) is 1. The number of halogens is 4. The number of hydrogen-bond acceptors (Lipinski definition) is 6. The normalized spacial score (nSPS) is 11.1. The molecule has 5 nitrogen and oxygen atoms in total. The fourth-order valence-electron chi connectivity index (χ4n) is 3.09. The van der Waals surface area contributed by atoms with Crippen molar-refractivity contribution >= 4 is 69.1 Å². The van der Waals surface area contributed by atoms with Gasteiger partial charge in [-0.25, -0.2) is 4.98 Å². The SMILES string of the molecule is CCOc1cc(C=NNc2nc(-c3ccc(Cl)cc3Cl)cs2)ccc1OCc1ccc(Cl)c(Cl)c1. The van der Waals surface area contributed by atoms with Crippen molar-refractivity contribution in [2.75, 3.05) is 12.0 Å². The minimum absolute atomic E-state index is 0.329. The summed E-state index contributed by atoms with van der Waals surface area (Å²) in [5.41, 5.74) is 6.24. The number of anilines is 1. The van der Waals surface area contributed by atoms with Crippen molar-refractivity contribution in [1.29, 1.82) is 0 Å². The van der Waals surface area contributed by atoms with Gasteiger partial charge in [0.05, 0.1) is 33.6 Å². The quantitative estimate of drug-likeness (QED) is 0.162. The minimum atomic E-state index is 0.329. The van der Waals surface area contributed by atoms with Gasteiger partial charge < -0.3 is 9.47 Å². The van der Waals surface area contributed by atoms with E-state index in [1.807, 2.05) is 42.6 Å². The van der Waals surface area contributed by atoms with Gasteiger partial charge in [-0.2, -0.15) is 5.10 Å². The van der Waals surface area contributed by atoms with E-state index in [9.17, 15) is 0 Å². The molecule has 0 atom stereocenters. The first-order chi connectivity index (χ1) is 16.9. The summed E-state index contributed by atoms with van der Waals surface area (Å²) in [5.74, 6) is 1.23. The second kappa shape index (κ2) is 12.0. The molecule has 0 spiro atoms. The average Bonchev–Trinajstić information content (AvgIpc) is 3.29. The highest BCUT2D eigenvalue weighted by atomic mass is 35.5. The Morgan fingerprint density at radius 2 is 1.77 bits per heavy atom. The standard InChI is InChI=1S/C25H19Cl4N3O2S/c1-2-33-24-10-15(4-8-23(24)34-13-16-3-7-19(27)21(29)9-16)12-30-32-25-31-22(14-35-25)18-6-5-17(26)11-20(18)28/h3-12,14H,2,13H2,1H3,(H,31,32). The second-order valence-corrected chi connectivity index (χ2v) is 9.72. The molecule has 180 valence electrons. The van der Waals surface area contributed by atoms with Crippen LogP contribution in [0, 0.1) is 0 Å². The Morgan fingerprint density at radius 1 is 0.914 bits per heavy atom. The molecule has 1 aromatic heterocycles. The first kappa shape index (κ1) is 25.6. The predicted octanol–water partition coefficient (Wildman–Crippen LogP) is 8.85. The van der Waals surface area contributed by atoms with E-state index in [-0.39, 0.29) is 0 Å². The average molecular weight is 567 g/mol. The van der Waals surface area contributed by atoms with Crippen LogP contribution in [0.15, 0.2) is 65.1 Å². The molecule has 0 unspecified atom stereocenters. The van der Waals surface area contributed by atoms with Crippen molar-refractivity contribution in [2.45, 2.75) is 13.5 Å². The molecule has 0 fully saturated rings. The zero-order valence-electron chi connectivity index (χ0n) is 18.4. The molecule has 0 aliphatic rings. The summed E-state index contributed by atoms with van der Waals surface area (Å²) >= 11 is 25.7. The van der Waals surface area contributed by atoms with Crippen LogP contribution in [-0.2, 0) is 6.61 Å². The van der Waals surface area contributed by atoms with Gasteiger partial charge >= 0.3 is 0 Å². The molecule has 4 aromatic rings. The van der Waals surface area contributed by atoms with Crippen LogP contribution >= 0.6 is 57.7 Å². The fourth-order valence-corrected chi connectivity index (χ4v) is 4.58. The molecule has 0 aliphatic carbocycles. The Balaban J connectivity index is 1.41. The van der Waals surface area contributed by atoms with E-state index in [4.69, 9.17) is 55.9 Å². The maximum absolute atomic E-state index is 6.28. The molecule has 35 heavy (non-hydrogen) atoms. The van der Waals surface area contributed by atoms with Crippen molar-refractivity contribution in [3.05, 3.63) is 91.2 Å². The molecule has 3 aromatic carbocycles. The molecule has 1 heterocycles. The van der Waals surface area contributed by atoms with E-state index in [2.05, 4.69) is 15.5 Å². The number of nitrogens with zero attached hydrogens (tertiary/aromatic N) is 2. The number of hydrazone groups is 1. The van der Waals surface area contributed by atoms with Gasteiger partial charge in [-0.15, -0.1) is 11.3 Å². The maximum atomic E-state index is 6.28. The maximum Gasteiger partial charge on any atom is 0.203 e. The summed E-state index contributed by atoms with van der Waals surface area (Å²) in [6.07, 6.45) is 1.68. The van der Waals surface area contributed by atoms with Crippen molar-refractivity contribution in [3.63, 3.8) is 0 Å². The number of thiazole rings is 1. The van der Waals surface area contributed by atoms with Gasteiger partial charge in [-0.1, -0.05) is 52.5 Å². The third-order valence-electron chi connectivity index (χ3n) is 4.73. The van der Waals surface area contributed by atoms with Crippen LogP contribution in [0.2, 0.25) is 20.1 Å². The van der Waals surface area contributed by atoms with Crippen molar-refractivity contribution in [1.82, 2.24) is 4.98 Å². The van der Waals surface area contributed by atoms with Gasteiger partial charge in [0.1, 0.15) is 6.61 Å². The Labute approximate surface area is 227 Å². The van der Waals surface area contributed by atoms with Crippen LogP contribution in [0.25, 0.3) is 11.3 Å². The lowest BCUT2D eigenvalue weighted by atomic mass is 10.2. The Kier molecular flexibility index (Phi) is 8.76. The smallest absolute Gasteiger partial charge is 0.203 e. The molecule has 0 amide bonds. The molecular formula is C25H19Cl4N3O2S. The lowest BCUT2D eigenvalue weighted by Gasteiger charge is -2.13. The van der Waals surface area contributed by atoms with Gasteiger partial charge in [0.25, 0.3) is 0 Å². The van der Waals surface area contributed by atoms with Crippen LogP contribution in [0.3, 0.4) is 0 Å². The molecule has 4 rings (SSSR count). The summed E-state index contributed by atoms with van der Waals surface area (Å²) in [7, 11) is 0. The summed E-state index contributed by atoms with van der Waals surface area (Å²) in [6, 6.07) is 16.3. The van der Waals surface area contributed by atoms with Gasteiger partial charge in [0, 0.05) is 16.0 Å². The Bertz CT molecular complexity index is 1360. The lowest BCUT2D eigenvalue weighted by Crippen LogP contribution is -2.01. The summed E-state index contributed by atoms with van der Waals surface area (Å²) < 4.78 is 11.7. The van der Waals surface area contributed by atoms with E-state index in [1.165, 1.54) is 11.3 Å². The highest BCUT2D eigenvalue weighted by molar-refractivity contribution is 7.14. The zero-order valence-corrected chi connectivity index (χ0v) is 22.2. The van der Waals surface area contributed by atoms with Crippen molar-refractivity contribution in [3.8, 4) is 22.8 Å². The van der Waals surface area contributed by atoms with Crippen LogP contribution in [-0.4, -0.2) is 17.8 Å². The molecular weight excluding hydrogens is 548 g/mol. The topological polar surface area (TPSA) is 55.7 Å². The lowest BCUT2D eigenvalue weighted by molar-refractivity contribution is 0.269. The minimum Gasteiger partial charge on any atom is -0.490 e. The van der Waals surface area contributed by atoms with Gasteiger partial charge in [0.15, 0.2) is 11.5 Å². The monoisotopic (exact) mass is 565 g/mol. The van der Waals surface area contributed by atoms with Crippen molar-refractivity contribution < 1.29 is 9.47 Å². The summed E-state index contributed by atoms with van der Waals surface area (Å²) in [5, 5.41) is 8.94. The molecule has 0 bridgehead atoms. The molecule has 0 saturated carbocycles. The molecule has 10 heteroatoms. The van der Waals surface area contributed by atoms with Crippen LogP contribution in [0.4, 0.5) is 5.13 Å². The van der Waals surface area contributed by atoms with E-state index in [1.54, 1.807) is 30.5 Å². The third kappa shape index (κ3) is 6.81. The van der Waals surface area contributed by atoms with Crippen LogP contribution in [0.1, 0.15) is 18.1 Å². The largest absolute Gasteiger partial charge is 0.490 e. The molecule has 0 aliphatic heterocycles. The first-order valence-corrected chi connectivity index (χ1v) is 12.9. The van der Waals surface area contributed by atoms with Gasteiger partial charge in [-0.05, 0) is 66.6 Å². The predicted molar refractivity (Wildman–Crippen MR) is 147 cm³/mol. The number of benzene rings is 3. The molecule has 1 N–H and O–H groups in total. The highest BCUT2D eigenvalue weighted by Gasteiger charge is 2.10. The molecule has 0 saturated heterocycles. The van der Waals surface area contributed by atoms with E-state index in [0.717, 1.165) is 22.4 Å². The summed E-state index contributed by atoms with van der Waals surface area (Å²) in [4.78, 5) is 4.53. The Hall–Kier alpha value is -2.48. The Morgan fingerprint density at radius 3 is 2.54 bits per heavy atom. The highest BCUT2D eigenvalue weighted by Crippen LogP contribution is 2.33. The number of ether oxygens (including phenoxy) is 2. The van der Waals surface area contributed by atoms with E-state index < -0.39 is 0 Å². The number of nitrogens with one attached hydrogen (secondary N) is 1. The van der Waals surface area contributed by atoms with E-state index in [0.29, 0.717) is 49.9 Å². The second-order valence-electron chi connectivity index (χ2n) is 7.21. The third-order valence-corrected chi connectivity index (χ3v) is 6.76. The fraction of sp³-hybridized carbons (Fsp3) is 0.120. The summed E-state index contributed by atoms with van der Waals surface area (Å²) in [6.45, 7) is 2.74. The zero-order chi connectivity index (χ0) is 24.8. The van der Waals surface area contributed by atoms with Crippen LogP contribution in [0.5, 0.6) is 11.5 Å². The van der Waals surface area contributed by atoms with Crippen LogP contribution < -0.4 is 14.9 Å². The van der Waals surface area contributed by atoms with Gasteiger partial charge in [-0.3, -0.25) is 5.43 Å². The molecule has 0 radical (unpaired) electrons. The van der Waals surface area contributed by atoms with Gasteiger partial charge in [0.2, 0.25) is 5.13 Å². The number of rotatable bonds is 9. The van der Waals surface area contributed by atoms with Crippen molar-refractivity contribution in [2.24, 2.45) is 5.10 Å². The van der Waals surface area contributed by atoms with E-state index >= 15 is 0 Å². The number of aromatic nitrogens is 1. The first-order valence-electron chi connectivity index (χ1n) is 10.5.